The molecule has 1 aliphatic rings. The van der Waals surface area contributed by atoms with Gasteiger partial charge in [-0.1, -0.05) is 40.5 Å². The number of rotatable bonds is 4. The van der Waals surface area contributed by atoms with E-state index in [0.717, 1.165) is 6.61 Å². The van der Waals surface area contributed by atoms with Crippen molar-refractivity contribution < 1.29 is 4.43 Å². The van der Waals surface area contributed by atoms with Crippen LogP contribution < -0.4 is 0 Å². The van der Waals surface area contributed by atoms with Gasteiger partial charge in [0.15, 0.2) is 8.32 Å². The first-order valence-electron chi connectivity index (χ1n) is 6.80. The maximum Gasteiger partial charge on any atom is 0.191 e. The van der Waals surface area contributed by atoms with Crippen molar-refractivity contribution in [1.82, 2.24) is 0 Å². The van der Waals surface area contributed by atoms with E-state index in [4.69, 9.17) is 4.43 Å². The third kappa shape index (κ3) is 3.59. The Hall–Kier alpha value is 0.177. The molecule has 0 heterocycles. The van der Waals surface area contributed by atoms with E-state index in [1.165, 1.54) is 32.1 Å². The van der Waals surface area contributed by atoms with Crippen molar-refractivity contribution in [2.75, 3.05) is 6.61 Å². The van der Waals surface area contributed by atoms with Crippen molar-refractivity contribution in [1.29, 1.82) is 0 Å². The van der Waals surface area contributed by atoms with Crippen LogP contribution in [0.15, 0.2) is 0 Å². The summed E-state index contributed by atoms with van der Waals surface area (Å²) in [5.41, 5.74) is 0.586. The first kappa shape index (κ1) is 14.2. The molecule has 1 saturated carbocycles. The summed E-state index contributed by atoms with van der Waals surface area (Å²) >= 11 is 0. The number of hydrogen-bond donors (Lipinski definition) is 0. The van der Waals surface area contributed by atoms with Crippen molar-refractivity contribution in [3.05, 3.63) is 0 Å². The van der Waals surface area contributed by atoms with Gasteiger partial charge in [0.1, 0.15) is 0 Å². The van der Waals surface area contributed by atoms with Crippen molar-refractivity contribution in [2.45, 2.75) is 77.9 Å². The van der Waals surface area contributed by atoms with E-state index in [0.29, 0.717) is 10.5 Å². The summed E-state index contributed by atoms with van der Waals surface area (Å²) in [5.74, 6) is 0. The van der Waals surface area contributed by atoms with Gasteiger partial charge in [0.25, 0.3) is 0 Å². The van der Waals surface area contributed by atoms with Crippen LogP contribution in [0.4, 0.5) is 0 Å². The second-order valence-corrected chi connectivity index (χ2v) is 12.2. The molecule has 0 bridgehead atoms. The van der Waals surface area contributed by atoms with Gasteiger partial charge in [0.05, 0.1) is 0 Å². The lowest BCUT2D eigenvalue weighted by atomic mass is 9.86. The lowest BCUT2D eigenvalue weighted by molar-refractivity contribution is 0.203. The van der Waals surface area contributed by atoms with Gasteiger partial charge < -0.3 is 4.43 Å². The molecule has 1 rings (SSSR count). The minimum atomic E-state index is -1.51. The Morgan fingerprint density at radius 3 is 2.06 bits per heavy atom. The van der Waals surface area contributed by atoms with Crippen LogP contribution in [0.5, 0.6) is 0 Å². The lowest BCUT2D eigenvalue weighted by Crippen LogP contribution is -2.41. The first-order chi connectivity index (χ1) is 7.16. The van der Waals surface area contributed by atoms with Crippen LogP contribution in [0.3, 0.4) is 0 Å². The second kappa shape index (κ2) is 4.81. The van der Waals surface area contributed by atoms with Crippen LogP contribution in [0, 0.1) is 5.41 Å². The zero-order valence-corrected chi connectivity index (χ0v) is 13.2. The minimum absolute atomic E-state index is 0.351. The Morgan fingerprint density at radius 2 is 1.62 bits per heavy atom. The molecule has 0 unspecified atom stereocenters. The van der Waals surface area contributed by atoms with Crippen LogP contribution in [0.2, 0.25) is 18.1 Å². The molecule has 0 aromatic carbocycles. The maximum absolute atomic E-state index is 6.26. The lowest BCUT2D eigenvalue weighted by Gasteiger charge is -2.37. The minimum Gasteiger partial charge on any atom is -0.417 e. The van der Waals surface area contributed by atoms with E-state index >= 15 is 0 Å². The molecule has 1 aliphatic carbocycles. The van der Waals surface area contributed by atoms with Crippen LogP contribution in [-0.4, -0.2) is 14.9 Å². The van der Waals surface area contributed by atoms with Gasteiger partial charge in [-0.05, 0) is 42.8 Å². The van der Waals surface area contributed by atoms with Crippen LogP contribution >= 0.6 is 0 Å². The predicted molar refractivity (Wildman–Crippen MR) is 74.3 cm³/mol. The molecular weight excluding hydrogens is 212 g/mol. The Morgan fingerprint density at radius 1 is 1.12 bits per heavy atom. The summed E-state index contributed by atoms with van der Waals surface area (Å²) < 4.78 is 6.26. The van der Waals surface area contributed by atoms with Gasteiger partial charge in [-0.3, -0.25) is 0 Å². The molecule has 0 aliphatic heterocycles. The van der Waals surface area contributed by atoms with Gasteiger partial charge in [0, 0.05) is 6.61 Å². The van der Waals surface area contributed by atoms with Gasteiger partial charge in [-0.15, -0.1) is 0 Å². The quantitative estimate of drug-likeness (QED) is 0.632. The molecule has 0 aromatic heterocycles. The Kier molecular flexibility index (Phi) is 4.28. The van der Waals surface area contributed by atoms with E-state index in [-0.39, 0.29) is 0 Å². The molecule has 1 fully saturated rings. The fraction of sp³-hybridized carbons (Fsp3) is 1.00. The van der Waals surface area contributed by atoms with Gasteiger partial charge in [-0.25, -0.2) is 0 Å². The molecule has 0 atom stereocenters. The Bertz CT molecular complexity index is 221. The predicted octanol–water partition coefficient (Wildman–Crippen LogP) is 4.98. The van der Waals surface area contributed by atoms with Crippen molar-refractivity contribution in [2.24, 2.45) is 5.41 Å². The molecule has 0 N–H and O–H groups in total. The highest BCUT2D eigenvalue weighted by Crippen LogP contribution is 2.42. The summed E-state index contributed by atoms with van der Waals surface area (Å²) in [6, 6.07) is 0. The summed E-state index contributed by atoms with van der Waals surface area (Å²) in [6.45, 7) is 15.1. The molecule has 0 radical (unpaired) electrons. The van der Waals surface area contributed by atoms with E-state index in [9.17, 15) is 0 Å². The summed E-state index contributed by atoms with van der Waals surface area (Å²) in [4.78, 5) is 0. The van der Waals surface area contributed by atoms with Gasteiger partial charge in [0.2, 0.25) is 0 Å². The highest BCUT2D eigenvalue weighted by molar-refractivity contribution is 6.74. The normalized spacial score (nSPS) is 21.4. The summed E-state index contributed by atoms with van der Waals surface area (Å²) in [6.07, 6.45) is 6.94. The maximum atomic E-state index is 6.26. The third-order valence-corrected chi connectivity index (χ3v) is 9.32. The molecule has 0 spiro atoms. The van der Waals surface area contributed by atoms with E-state index < -0.39 is 8.32 Å². The van der Waals surface area contributed by atoms with Gasteiger partial charge >= 0.3 is 0 Å². The molecule has 1 nitrogen and oxygen atoms in total. The highest BCUT2D eigenvalue weighted by atomic mass is 28.4. The van der Waals surface area contributed by atoms with Crippen LogP contribution in [-0.2, 0) is 4.43 Å². The molecule has 16 heavy (non-hydrogen) atoms. The average molecular weight is 242 g/mol. The zero-order valence-electron chi connectivity index (χ0n) is 12.2. The second-order valence-electron chi connectivity index (χ2n) is 7.38. The molecule has 2 heteroatoms. The standard InChI is InChI=1S/C14H30OSi/c1-13(2,3)16(5,6)15-12-11-14(4)9-7-8-10-14/h7-12H2,1-6H3. The molecule has 0 aromatic rings. The summed E-state index contributed by atoms with van der Waals surface area (Å²) in [5, 5.41) is 0.351. The van der Waals surface area contributed by atoms with E-state index in [2.05, 4.69) is 40.8 Å². The molecular formula is C14H30OSi. The zero-order chi connectivity index (χ0) is 12.4. The first-order valence-corrected chi connectivity index (χ1v) is 9.71. The average Bonchev–Trinajstić information content (AvgIpc) is 2.50. The Labute approximate surface area is 103 Å². The fourth-order valence-electron chi connectivity index (χ4n) is 2.25. The van der Waals surface area contributed by atoms with Crippen molar-refractivity contribution in [3.63, 3.8) is 0 Å². The number of hydrogen-bond acceptors (Lipinski definition) is 1. The van der Waals surface area contributed by atoms with Gasteiger partial charge in [-0.2, -0.15) is 0 Å². The molecule has 0 saturated heterocycles. The Balaban J connectivity index is 2.35. The monoisotopic (exact) mass is 242 g/mol. The molecule has 96 valence electrons. The molecule has 0 amide bonds. The van der Waals surface area contributed by atoms with Crippen LogP contribution in [0.1, 0.15) is 59.8 Å². The smallest absolute Gasteiger partial charge is 0.191 e. The SMILES string of the molecule is CC1(CCO[Si](C)(C)C(C)(C)C)CCCC1. The van der Waals surface area contributed by atoms with E-state index in [1.54, 1.807) is 0 Å². The topological polar surface area (TPSA) is 9.23 Å². The van der Waals surface area contributed by atoms with E-state index in [1.807, 2.05) is 0 Å². The fourth-order valence-corrected chi connectivity index (χ4v) is 3.29. The third-order valence-electron chi connectivity index (χ3n) is 4.79. The van der Waals surface area contributed by atoms with Crippen molar-refractivity contribution >= 4 is 8.32 Å². The summed E-state index contributed by atoms with van der Waals surface area (Å²) in [7, 11) is -1.51. The highest BCUT2D eigenvalue weighted by Gasteiger charge is 2.37. The van der Waals surface area contributed by atoms with Crippen molar-refractivity contribution in [3.8, 4) is 0 Å². The van der Waals surface area contributed by atoms with Crippen LogP contribution in [0.25, 0.3) is 0 Å². The largest absolute Gasteiger partial charge is 0.417 e.